The average Bonchev–Trinajstić information content (AvgIpc) is 3.17. The zero-order valence-electron chi connectivity index (χ0n) is 20.6. The molecular formula is C23H37N3O10. The van der Waals surface area contributed by atoms with Crippen molar-refractivity contribution in [1.82, 2.24) is 15.1 Å². The van der Waals surface area contributed by atoms with Crippen molar-refractivity contribution in [3.8, 4) is 0 Å². The van der Waals surface area contributed by atoms with Crippen molar-refractivity contribution in [3.05, 3.63) is 12.2 Å². The monoisotopic (exact) mass is 515 g/mol. The maximum Gasteiger partial charge on any atom is 0.303 e. The van der Waals surface area contributed by atoms with Gasteiger partial charge in [0.2, 0.25) is 11.8 Å². The highest BCUT2D eigenvalue weighted by atomic mass is 16.7. The van der Waals surface area contributed by atoms with Gasteiger partial charge in [-0.15, -0.1) is 0 Å². The Morgan fingerprint density at radius 3 is 2.31 bits per heavy atom. The van der Waals surface area contributed by atoms with Crippen molar-refractivity contribution < 1.29 is 48.8 Å². The fraction of sp³-hybridized carbons (Fsp3) is 0.696. The molecule has 13 heteroatoms. The lowest BCUT2D eigenvalue weighted by atomic mass is 10.2. The molecule has 1 aliphatic rings. The molecule has 0 bridgehead atoms. The summed E-state index contributed by atoms with van der Waals surface area (Å²) in [6.45, 7) is 1.84. The predicted molar refractivity (Wildman–Crippen MR) is 125 cm³/mol. The molecule has 36 heavy (non-hydrogen) atoms. The number of amides is 4. The number of imide groups is 1. The van der Waals surface area contributed by atoms with Gasteiger partial charge in [-0.25, -0.2) is 0 Å². The Bertz CT molecular complexity index is 751. The fourth-order valence-corrected chi connectivity index (χ4v) is 3.27. The van der Waals surface area contributed by atoms with Gasteiger partial charge in [-0.1, -0.05) is 6.92 Å². The summed E-state index contributed by atoms with van der Waals surface area (Å²) in [6.07, 6.45) is 1.82. The lowest BCUT2D eigenvalue weighted by Gasteiger charge is -2.25. The summed E-state index contributed by atoms with van der Waals surface area (Å²) in [7, 11) is 0. The van der Waals surface area contributed by atoms with E-state index in [1.54, 1.807) is 0 Å². The molecule has 13 nitrogen and oxygen atoms in total. The van der Waals surface area contributed by atoms with Gasteiger partial charge in [-0.3, -0.25) is 28.9 Å². The lowest BCUT2D eigenvalue weighted by molar-refractivity contribution is -0.196. The number of nitrogens with zero attached hydrogens (tertiary/aromatic N) is 2. The van der Waals surface area contributed by atoms with Crippen molar-refractivity contribution in [2.45, 2.75) is 57.8 Å². The molecule has 204 valence electrons. The van der Waals surface area contributed by atoms with E-state index in [2.05, 4.69) is 5.32 Å². The van der Waals surface area contributed by atoms with Crippen LogP contribution in [0.3, 0.4) is 0 Å². The number of hydrogen-bond donors (Lipinski definition) is 4. The van der Waals surface area contributed by atoms with Crippen LogP contribution in [0, 0.1) is 0 Å². The Kier molecular flexibility index (Phi) is 15.2. The molecule has 2 unspecified atom stereocenters. The van der Waals surface area contributed by atoms with Gasteiger partial charge in [-0.05, 0) is 19.3 Å². The third-order valence-corrected chi connectivity index (χ3v) is 5.34. The number of ether oxygens (including phenoxy) is 2. The minimum atomic E-state index is -0.995. The van der Waals surface area contributed by atoms with E-state index in [4.69, 9.17) is 14.6 Å². The third-order valence-electron chi connectivity index (χ3n) is 5.34. The van der Waals surface area contributed by atoms with Crippen LogP contribution < -0.4 is 5.32 Å². The van der Waals surface area contributed by atoms with Crippen molar-refractivity contribution >= 4 is 29.6 Å². The first-order chi connectivity index (χ1) is 17.2. The van der Waals surface area contributed by atoms with Crippen LogP contribution in [0.1, 0.15) is 45.4 Å². The molecule has 0 spiro atoms. The molecule has 4 amide bonds. The van der Waals surface area contributed by atoms with E-state index in [1.807, 2.05) is 6.92 Å². The first kappa shape index (κ1) is 31.2. The minimum Gasteiger partial charge on any atom is -0.481 e. The quantitative estimate of drug-likeness (QED) is 0.0892. The maximum atomic E-state index is 12.6. The molecule has 0 fully saturated rings. The molecule has 0 aliphatic carbocycles. The summed E-state index contributed by atoms with van der Waals surface area (Å²) in [5.41, 5.74) is 0. The van der Waals surface area contributed by atoms with Crippen LogP contribution in [0.5, 0.6) is 0 Å². The largest absolute Gasteiger partial charge is 0.481 e. The van der Waals surface area contributed by atoms with Gasteiger partial charge in [0.25, 0.3) is 11.8 Å². The van der Waals surface area contributed by atoms with E-state index in [0.29, 0.717) is 12.8 Å². The Hall–Kier alpha value is -2.87. The van der Waals surface area contributed by atoms with E-state index >= 15 is 0 Å². The van der Waals surface area contributed by atoms with Gasteiger partial charge in [0.1, 0.15) is 0 Å². The van der Waals surface area contributed by atoms with Crippen molar-refractivity contribution in [2.75, 3.05) is 46.0 Å². The smallest absolute Gasteiger partial charge is 0.303 e. The van der Waals surface area contributed by atoms with Crippen LogP contribution in [0.25, 0.3) is 0 Å². The average molecular weight is 516 g/mol. The minimum absolute atomic E-state index is 0.0225. The molecule has 1 aliphatic heterocycles. The molecule has 0 radical (unpaired) electrons. The number of carbonyl (C=O) groups excluding carboxylic acids is 4. The van der Waals surface area contributed by atoms with E-state index in [-0.39, 0.29) is 76.9 Å². The topological polar surface area (TPSA) is 183 Å². The van der Waals surface area contributed by atoms with Crippen LogP contribution in [-0.4, -0.2) is 113 Å². The van der Waals surface area contributed by atoms with Crippen molar-refractivity contribution in [1.29, 1.82) is 0 Å². The summed E-state index contributed by atoms with van der Waals surface area (Å²) in [6, 6.07) is 0. The molecule has 1 rings (SSSR count). The number of aliphatic hydroxyl groups is 2. The molecule has 0 aromatic heterocycles. The van der Waals surface area contributed by atoms with Gasteiger partial charge < -0.3 is 35.0 Å². The number of aliphatic hydroxyl groups excluding tert-OH is 2. The lowest BCUT2D eigenvalue weighted by Crippen LogP contribution is -2.39. The molecule has 0 aromatic carbocycles. The summed E-state index contributed by atoms with van der Waals surface area (Å²) in [4.78, 5) is 60.8. The Balaban J connectivity index is 2.47. The fourth-order valence-electron chi connectivity index (χ4n) is 3.27. The van der Waals surface area contributed by atoms with Gasteiger partial charge in [0, 0.05) is 57.6 Å². The number of carboxylic acids is 1. The zero-order valence-corrected chi connectivity index (χ0v) is 20.6. The normalized spacial score (nSPS) is 14.7. The number of rotatable bonds is 20. The standard InChI is InChI=1S/C23H37N3O10/c1-2-17(15-27)36-23(16-28)35-14-13-25(19(30)5-3-6-22(33)34)11-4-10-24-18(29)9-12-26-20(31)7-8-21(26)32/h7-8,17,23,27-28H,2-6,9-16H2,1H3,(H,24,29)(H,33,34). The van der Waals surface area contributed by atoms with Crippen LogP contribution in [0.15, 0.2) is 12.2 Å². The molecular weight excluding hydrogens is 478 g/mol. The van der Waals surface area contributed by atoms with Gasteiger partial charge in [0.15, 0.2) is 6.29 Å². The number of carbonyl (C=O) groups is 5. The summed E-state index contributed by atoms with van der Waals surface area (Å²) in [5, 5.41) is 30.1. The third kappa shape index (κ3) is 12.2. The predicted octanol–water partition coefficient (Wildman–Crippen LogP) is -0.986. The van der Waals surface area contributed by atoms with Crippen LogP contribution in [-0.2, 0) is 33.4 Å². The van der Waals surface area contributed by atoms with E-state index in [9.17, 15) is 34.2 Å². The molecule has 4 N–H and O–H groups in total. The Morgan fingerprint density at radius 1 is 1.03 bits per heavy atom. The molecule has 0 saturated carbocycles. The van der Waals surface area contributed by atoms with Gasteiger partial charge in [-0.2, -0.15) is 0 Å². The summed E-state index contributed by atoms with van der Waals surface area (Å²) < 4.78 is 10.9. The Labute approximate surface area is 210 Å². The van der Waals surface area contributed by atoms with Crippen molar-refractivity contribution in [3.63, 3.8) is 0 Å². The van der Waals surface area contributed by atoms with Gasteiger partial charge in [0.05, 0.1) is 25.9 Å². The number of aliphatic carboxylic acids is 1. The number of carboxylic acid groups (broad SMARTS) is 1. The van der Waals surface area contributed by atoms with E-state index in [1.165, 1.54) is 4.90 Å². The second kappa shape index (κ2) is 17.5. The van der Waals surface area contributed by atoms with Crippen LogP contribution >= 0.6 is 0 Å². The Morgan fingerprint density at radius 2 is 1.72 bits per heavy atom. The highest BCUT2D eigenvalue weighted by Crippen LogP contribution is 2.07. The second-order valence-corrected chi connectivity index (χ2v) is 8.07. The highest BCUT2D eigenvalue weighted by molar-refractivity contribution is 6.13. The molecule has 2 atom stereocenters. The van der Waals surface area contributed by atoms with Crippen LogP contribution in [0.2, 0.25) is 0 Å². The van der Waals surface area contributed by atoms with E-state index in [0.717, 1.165) is 17.1 Å². The second-order valence-electron chi connectivity index (χ2n) is 8.07. The van der Waals surface area contributed by atoms with Crippen LogP contribution in [0.4, 0.5) is 0 Å². The number of hydrogen-bond acceptors (Lipinski definition) is 9. The SMILES string of the molecule is CCC(CO)OC(CO)OCCN(CCCNC(=O)CCN1C(=O)C=CC1=O)C(=O)CCCC(=O)O. The summed E-state index contributed by atoms with van der Waals surface area (Å²) in [5.74, 6) is -2.52. The molecule has 0 saturated heterocycles. The zero-order chi connectivity index (χ0) is 26.9. The first-order valence-corrected chi connectivity index (χ1v) is 12.0. The highest BCUT2D eigenvalue weighted by Gasteiger charge is 2.23. The first-order valence-electron chi connectivity index (χ1n) is 12.0. The maximum absolute atomic E-state index is 12.6. The molecule has 1 heterocycles. The number of nitrogens with one attached hydrogen (secondary N) is 1. The van der Waals surface area contributed by atoms with E-state index < -0.39 is 36.8 Å². The van der Waals surface area contributed by atoms with Gasteiger partial charge >= 0.3 is 5.97 Å². The van der Waals surface area contributed by atoms with Crippen molar-refractivity contribution in [2.24, 2.45) is 0 Å². The molecule has 0 aromatic rings. The summed E-state index contributed by atoms with van der Waals surface area (Å²) >= 11 is 0.